The number of ether oxygens (including phenoxy) is 1. The van der Waals surface area contributed by atoms with Crippen LogP contribution in [0.4, 0.5) is 0 Å². The van der Waals surface area contributed by atoms with Crippen molar-refractivity contribution >= 4 is 27.3 Å². The van der Waals surface area contributed by atoms with Crippen LogP contribution in [0.15, 0.2) is 16.3 Å². The zero-order valence-corrected chi connectivity index (χ0v) is 13.0. The van der Waals surface area contributed by atoms with Gasteiger partial charge in [0.05, 0.1) is 13.2 Å². The second-order valence-corrected chi connectivity index (χ2v) is 7.95. The minimum atomic E-state index is -3.81. The Morgan fingerprint density at radius 1 is 1.55 bits per heavy atom. The number of hydrogen-bond donors (Lipinski definition) is 2. The van der Waals surface area contributed by atoms with Crippen molar-refractivity contribution in [2.75, 3.05) is 7.11 Å². The van der Waals surface area contributed by atoms with Gasteiger partial charge in [0, 0.05) is 11.5 Å². The third-order valence-electron chi connectivity index (χ3n) is 3.80. The van der Waals surface area contributed by atoms with E-state index in [-0.39, 0.29) is 15.8 Å². The van der Waals surface area contributed by atoms with Crippen LogP contribution in [0.5, 0.6) is 0 Å². The van der Waals surface area contributed by atoms with Crippen molar-refractivity contribution < 1.29 is 23.1 Å². The standard InChI is InChI=1S/C12H17NO5S2/c1-12(2)8(6-9(12)14)13-20(16,17)7-4-5-19-10(7)11(15)18-3/h4-5,8-9,13-14H,6H2,1-3H3. The lowest BCUT2D eigenvalue weighted by Crippen LogP contribution is -2.61. The van der Waals surface area contributed by atoms with Crippen LogP contribution in [0.1, 0.15) is 29.9 Å². The Morgan fingerprint density at radius 3 is 2.70 bits per heavy atom. The molecule has 2 rings (SSSR count). The molecule has 0 aliphatic heterocycles. The summed E-state index contributed by atoms with van der Waals surface area (Å²) >= 11 is 1.02. The van der Waals surface area contributed by atoms with Gasteiger partial charge in [-0.15, -0.1) is 11.3 Å². The summed E-state index contributed by atoms with van der Waals surface area (Å²) in [6.45, 7) is 3.59. The second kappa shape index (κ2) is 5.10. The molecule has 0 bridgehead atoms. The number of hydrogen-bond acceptors (Lipinski definition) is 6. The van der Waals surface area contributed by atoms with E-state index in [2.05, 4.69) is 9.46 Å². The van der Waals surface area contributed by atoms with Crippen molar-refractivity contribution in [2.24, 2.45) is 5.41 Å². The summed E-state index contributed by atoms with van der Waals surface area (Å²) in [7, 11) is -2.60. The first-order valence-corrected chi connectivity index (χ1v) is 8.42. The van der Waals surface area contributed by atoms with E-state index >= 15 is 0 Å². The first-order valence-electron chi connectivity index (χ1n) is 6.06. The molecule has 0 radical (unpaired) electrons. The van der Waals surface area contributed by atoms with E-state index in [9.17, 15) is 18.3 Å². The average molecular weight is 319 g/mol. The van der Waals surface area contributed by atoms with Gasteiger partial charge in [0.25, 0.3) is 0 Å². The highest BCUT2D eigenvalue weighted by atomic mass is 32.2. The zero-order valence-electron chi connectivity index (χ0n) is 11.4. The zero-order chi connectivity index (χ0) is 15.1. The fraction of sp³-hybridized carbons (Fsp3) is 0.583. The number of carbonyl (C=O) groups is 1. The van der Waals surface area contributed by atoms with Gasteiger partial charge in [-0.05, 0) is 17.9 Å². The molecule has 1 aliphatic rings. The van der Waals surface area contributed by atoms with Crippen LogP contribution in [0.25, 0.3) is 0 Å². The number of sulfonamides is 1. The molecule has 1 aliphatic carbocycles. The van der Waals surface area contributed by atoms with Gasteiger partial charge in [-0.3, -0.25) is 0 Å². The van der Waals surface area contributed by atoms with Gasteiger partial charge in [0.15, 0.2) is 0 Å². The number of esters is 1. The quantitative estimate of drug-likeness (QED) is 0.807. The van der Waals surface area contributed by atoms with Gasteiger partial charge in [-0.25, -0.2) is 17.9 Å². The van der Waals surface area contributed by atoms with Crippen molar-refractivity contribution in [2.45, 2.75) is 37.3 Å². The van der Waals surface area contributed by atoms with Crippen LogP contribution < -0.4 is 4.72 Å². The fourth-order valence-corrected chi connectivity index (χ4v) is 4.84. The summed E-state index contributed by atoms with van der Waals surface area (Å²) in [5.74, 6) is -0.673. The number of thiophene rings is 1. The molecule has 8 heteroatoms. The summed E-state index contributed by atoms with van der Waals surface area (Å²) in [6.07, 6.45) is -0.165. The third-order valence-corrected chi connectivity index (χ3v) is 6.34. The molecule has 0 amide bonds. The minimum absolute atomic E-state index is 0.0534. The van der Waals surface area contributed by atoms with Crippen LogP contribution in [0, 0.1) is 5.41 Å². The molecule has 6 nitrogen and oxygen atoms in total. The molecule has 1 aromatic heterocycles. The number of carbonyl (C=O) groups excluding carboxylic acids is 1. The van der Waals surface area contributed by atoms with E-state index in [0.29, 0.717) is 6.42 Å². The monoisotopic (exact) mass is 319 g/mol. The third kappa shape index (κ3) is 2.48. The Morgan fingerprint density at radius 2 is 2.20 bits per heavy atom. The van der Waals surface area contributed by atoms with Gasteiger partial charge in [0.1, 0.15) is 9.77 Å². The first-order chi connectivity index (χ1) is 9.20. The highest BCUT2D eigenvalue weighted by molar-refractivity contribution is 7.89. The number of aliphatic hydroxyl groups is 1. The van der Waals surface area contributed by atoms with Crippen LogP contribution in [0.3, 0.4) is 0 Å². The van der Waals surface area contributed by atoms with E-state index in [4.69, 9.17) is 0 Å². The van der Waals surface area contributed by atoms with Crippen molar-refractivity contribution in [1.29, 1.82) is 0 Å². The Balaban J connectivity index is 2.24. The number of nitrogens with one attached hydrogen (secondary N) is 1. The van der Waals surface area contributed by atoms with Crippen LogP contribution in [-0.2, 0) is 14.8 Å². The van der Waals surface area contributed by atoms with Gasteiger partial charge in [-0.1, -0.05) is 13.8 Å². The van der Waals surface area contributed by atoms with Gasteiger partial charge in [0.2, 0.25) is 10.0 Å². The van der Waals surface area contributed by atoms with Gasteiger partial charge in [-0.2, -0.15) is 0 Å². The van der Waals surface area contributed by atoms with E-state index in [1.54, 1.807) is 13.8 Å². The second-order valence-electron chi connectivity index (χ2n) is 5.35. The lowest BCUT2D eigenvalue weighted by Gasteiger charge is -2.49. The molecule has 0 saturated heterocycles. The normalized spacial score (nSPS) is 25.0. The Hall–Kier alpha value is -0.960. The van der Waals surface area contributed by atoms with Crippen LogP contribution in [-0.4, -0.2) is 38.7 Å². The Bertz CT molecular complexity index is 620. The predicted octanol–water partition coefficient (Wildman–Crippen LogP) is 0.972. The highest BCUT2D eigenvalue weighted by Crippen LogP contribution is 2.41. The summed E-state index contributed by atoms with van der Waals surface area (Å²) in [5, 5.41) is 11.2. The molecule has 0 aromatic carbocycles. The summed E-state index contributed by atoms with van der Waals surface area (Å²) < 4.78 is 31.8. The van der Waals surface area contributed by atoms with Crippen LogP contribution >= 0.6 is 11.3 Å². The van der Waals surface area contributed by atoms with E-state index in [0.717, 1.165) is 11.3 Å². The lowest BCUT2D eigenvalue weighted by molar-refractivity contribution is -0.0645. The average Bonchev–Trinajstić information content (AvgIpc) is 2.87. The largest absolute Gasteiger partial charge is 0.465 e. The summed E-state index contributed by atoms with van der Waals surface area (Å²) in [4.78, 5) is 11.5. The lowest BCUT2D eigenvalue weighted by atomic mass is 9.65. The number of aliphatic hydroxyl groups excluding tert-OH is 1. The maximum Gasteiger partial charge on any atom is 0.349 e. The Kier molecular flexibility index (Phi) is 3.94. The molecule has 1 saturated carbocycles. The molecule has 1 aromatic rings. The molecule has 1 fully saturated rings. The maximum atomic E-state index is 12.3. The topological polar surface area (TPSA) is 92.7 Å². The molecule has 2 atom stereocenters. The van der Waals surface area contributed by atoms with Gasteiger partial charge < -0.3 is 9.84 Å². The van der Waals surface area contributed by atoms with Crippen molar-refractivity contribution in [3.05, 3.63) is 16.3 Å². The van der Waals surface area contributed by atoms with Crippen LogP contribution in [0.2, 0.25) is 0 Å². The minimum Gasteiger partial charge on any atom is -0.465 e. The van der Waals surface area contributed by atoms with E-state index in [1.807, 2.05) is 0 Å². The number of rotatable bonds is 4. The van der Waals surface area contributed by atoms with Crippen molar-refractivity contribution in [1.82, 2.24) is 4.72 Å². The van der Waals surface area contributed by atoms with Crippen molar-refractivity contribution in [3.8, 4) is 0 Å². The first kappa shape index (κ1) is 15.4. The fourth-order valence-electron chi connectivity index (χ4n) is 2.10. The number of methoxy groups -OCH3 is 1. The Labute approximate surface area is 121 Å². The van der Waals surface area contributed by atoms with E-state index in [1.165, 1.54) is 18.6 Å². The molecule has 0 spiro atoms. The van der Waals surface area contributed by atoms with E-state index < -0.39 is 27.5 Å². The maximum absolute atomic E-state index is 12.3. The molecule has 112 valence electrons. The summed E-state index contributed by atoms with van der Waals surface area (Å²) in [6, 6.07) is 1.02. The predicted molar refractivity (Wildman–Crippen MR) is 74.2 cm³/mol. The van der Waals surface area contributed by atoms with Crippen molar-refractivity contribution in [3.63, 3.8) is 0 Å². The van der Waals surface area contributed by atoms with Gasteiger partial charge >= 0.3 is 5.97 Å². The molecule has 20 heavy (non-hydrogen) atoms. The highest BCUT2D eigenvalue weighted by Gasteiger charge is 2.49. The summed E-state index contributed by atoms with van der Waals surface area (Å²) in [5.41, 5.74) is -0.519. The molecule has 1 heterocycles. The molecule has 2 unspecified atom stereocenters. The SMILES string of the molecule is COC(=O)c1sccc1S(=O)(=O)NC1CC(O)C1(C)C. The molecular formula is C12H17NO5S2. The molecule has 2 N–H and O–H groups in total. The molecular weight excluding hydrogens is 302 g/mol. The smallest absolute Gasteiger partial charge is 0.349 e.